The Hall–Kier alpha value is -3.00. The van der Waals surface area contributed by atoms with Crippen molar-refractivity contribution in [1.82, 2.24) is 15.0 Å². The number of thioether (sulfide) groups is 1. The van der Waals surface area contributed by atoms with Crippen LogP contribution in [0.15, 0.2) is 56.9 Å². The van der Waals surface area contributed by atoms with Crippen molar-refractivity contribution in [3.63, 3.8) is 0 Å². The van der Waals surface area contributed by atoms with Crippen LogP contribution >= 0.6 is 11.8 Å². The molecule has 0 aliphatic carbocycles. The van der Waals surface area contributed by atoms with Gasteiger partial charge >= 0.3 is 5.69 Å². The van der Waals surface area contributed by atoms with Crippen LogP contribution in [0, 0.1) is 0 Å². The lowest BCUT2D eigenvalue weighted by atomic mass is 10.2. The summed E-state index contributed by atoms with van der Waals surface area (Å²) in [5.41, 5.74) is 3.12. The summed E-state index contributed by atoms with van der Waals surface area (Å²) >= 11 is 1.25. The molecule has 0 spiro atoms. The number of rotatable bonds is 4. The lowest BCUT2D eigenvalue weighted by molar-refractivity contribution is -0.115. The highest BCUT2D eigenvalue weighted by atomic mass is 32.2. The Morgan fingerprint density at radius 1 is 1.20 bits per heavy atom. The second-order valence-corrected chi connectivity index (χ2v) is 6.83. The van der Waals surface area contributed by atoms with Crippen LogP contribution < -0.4 is 11.0 Å². The van der Waals surface area contributed by atoms with Crippen molar-refractivity contribution in [3.05, 3.63) is 52.9 Å². The van der Waals surface area contributed by atoms with Crippen molar-refractivity contribution in [2.45, 2.75) is 17.4 Å². The molecule has 4 aromatic rings. The molecule has 1 amide bonds. The number of para-hydroxylation sites is 2. The van der Waals surface area contributed by atoms with Gasteiger partial charge in [0.2, 0.25) is 5.91 Å². The van der Waals surface area contributed by atoms with E-state index in [2.05, 4.69) is 20.3 Å². The van der Waals surface area contributed by atoms with E-state index in [1.54, 1.807) is 25.1 Å². The summed E-state index contributed by atoms with van der Waals surface area (Å²) in [6.45, 7) is 1.78. The molecule has 2 heterocycles. The third-order valence-electron chi connectivity index (χ3n) is 3.70. The van der Waals surface area contributed by atoms with Crippen LogP contribution in [0.1, 0.15) is 6.92 Å². The highest BCUT2D eigenvalue weighted by molar-refractivity contribution is 8.00. The Labute approximate surface area is 145 Å². The lowest BCUT2D eigenvalue weighted by Gasteiger charge is -2.10. The van der Waals surface area contributed by atoms with Gasteiger partial charge in [-0.2, -0.15) is 0 Å². The molecule has 0 radical (unpaired) electrons. The molecule has 7 nitrogen and oxygen atoms in total. The number of imidazole rings is 1. The fraction of sp³-hybridized carbons (Fsp3) is 0.118. The summed E-state index contributed by atoms with van der Waals surface area (Å²) in [5, 5.41) is 2.89. The van der Waals surface area contributed by atoms with Gasteiger partial charge < -0.3 is 19.7 Å². The highest BCUT2D eigenvalue weighted by Crippen LogP contribution is 2.27. The van der Waals surface area contributed by atoms with Crippen molar-refractivity contribution in [2.24, 2.45) is 0 Å². The number of amides is 1. The van der Waals surface area contributed by atoms with Crippen LogP contribution in [0.5, 0.6) is 0 Å². The topological polar surface area (TPSA) is 104 Å². The average molecular weight is 354 g/mol. The molecule has 0 aliphatic rings. The van der Waals surface area contributed by atoms with E-state index in [0.29, 0.717) is 27.5 Å². The number of aromatic nitrogens is 3. The SMILES string of the molecule is CC(Sc1nc2ccccc2o1)C(=O)Nc1ccc2[nH]c(=O)[nH]c2c1. The number of nitrogens with one attached hydrogen (secondary N) is 3. The summed E-state index contributed by atoms with van der Waals surface area (Å²) in [6.07, 6.45) is 0. The Morgan fingerprint density at radius 2 is 2.00 bits per heavy atom. The summed E-state index contributed by atoms with van der Waals surface area (Å²) in [7, 11) is 0. The van der Waals surface area contributed by atoms with Gasteiger partial charge in [-0.15, -0.1) is 0 Å². The van der Waals surface area contributed by atoms with Crippen LogP contribution in [-0.2, 0) is 4.79 Å². The molecule has 0 aliphatic heterocycles. The normalized spacial score (nSPS) is 12.5. The first-order chi connectivity index (χ1) is 12.1. The molecule has 8 heteroatoms. The third-order valence-corrected chi connectivity index (χ3v) is 4.65. The quantitative estimate of drug-likeness (QED) is 0.489. The Morgan fingerprint density at radius 3 is 2.84 bits per heavy atom. The van der Waals surface area contributed by atoms with Crippen LogP contribution in [-0.4, -0.2) is 26.1 Å². The Balaban J connectivity index is 1.48. The number of nitrogens with zero attached hydrogens (tertiary/aromatic N) is 1. The first kappa shape index (κ1) is 15.5. The van der Waals surface area contributed by atoms with E-state index in [-0.39, 0.29) is 11.6 Å². The van der Waals surface area contributed by atoms with Crippen LogP contribution in [0.4, 0.5) is 5.69 Å². The van der Waals surface area contributed by atoms with E-state index < -0.39 is 5.25 Å². The van der Waals surface area contributed by atoms with Gasteiger partial charge in [-0.25, -0.2) is 9.78 Å². The number of H-pyrrole nitrogens is 2. The van der Waals surface area contributed by atoms with E-state index in [9.17, 15) is 9.59 Å². The van der Waals surface area contributed by atoms with Crippen LogP contribution in [0.25, 0.3) is 22.1 Å². The fourth-order valence-corrected chi connectivity index (χ4v) is 3.22. The zero-order chi connectivity index (χ0) is 17.4. The van der Waals surface area contributed by atoms with Crippen molar-refractivity contribution in [2.75, 3.05) is 5.32 Å². The highest BCUT2D eigenvalue weighted by Gasteiger charge is 2.18. The van der Waals surface area contributed by atoms with Crippen LogP contribution in [0.3, 0.4) is 0 Å². The number of carbonyl (C=O) groups is 1. The summed E-state index contributed by atoms with van der Waals surface area (Å²) < 4.78 is 5.63. The molecular weight excluding hydrogens is 340 g/mol. The van der Waals surface area contributed by atoms with E-state index in [4.69, 9.17) is 4.42 Å². The number of hydrogen-bond acceptors (Lipinski definition) is 5. The van der Waals surface area contributed by atoms with Crippen LogP contribution in [0.2, 0.25) is 0 Å². The van der Waals surface area contributed by atoms with E-state index in [1.165, 1.54) is 11.8 Å². The minimum atomic E-state index is -0.394. The van der Waals surface area contributed by atoms with Gasteiger partial charge in [-0.05, 0) is 37.3 Å². The maximum Gasteiger partial charge on any atom is 0.323 e. The van der Waals surface area contributed by atoms with Gasteiger partial charge in [0.25, 0.3) is 5.22 Å². The molecule has 2 aromatic heterocycles. The fourth-order valence-electron chi connectivity index (χ4n) is 2.46. The zero-order valence-electron chi connectivity index (χ0n) is 13.2. The maximum atomic E-state index is 12.4. The number of oxazole rings is 1. The maximum absolute atomic E-state index is 12.4. The largest absolute Gasteiger partial charge is 0.431 e. The number of anilines is 1. The molecule has 1 unspecified atom stereocenters. The molecule has 0 fully saturated rings. The summed E-state index contributed by atoms with van der Waals surface area (Å²) in [6, 6.07) is 12.6. The molecule has 25 heavy (non-hydrogen) atoms. The number of fused-ring (bicyclic) bond motifs is 2. The molecule has 126 valence electrons. The smallest absolute Gasteiger partial charge is 0.323 e. The minimum Gasteiger partial charge on any atom is -0.431 e. The lowest BCUT2D eigenvalue weighted by Crippen LogP contribution is -2.22. The minimum absolute atomic E-state index is 0.176. The van der Waals surface area contributed by atoms with Gasteiger partial charge in [0.15, 0.2) is 5.58 Å². The summed E-state index contributed by atoms with van der Waals surface area (Å²) in [5.74, 6) is -0.176. The number of aromatic amines is 2. The molecule has 2 aromatic carbocycles. The molecule has 0 saturated heterocycles. The van der Waals surface area contributed by atoms with E-state index in [0.717, 1.165) is 5.52 Å². The van der Waals surface area contributed by atoms with E-state index in [1.807, 2.05) is 24.3 Å². The number of hydrogen-bond donors (Lipinski definition) is 3. The van der Waals surface area contributed by atoms with Gasteiger partial charge in [0, 0.05) is 5.69 Å². The van der Waals surface area contributed by atoms with Gasteiger partial charge in [-0.3, -0.25) is 4.79 Å². The van der Waals surface area contributed by atoms with Crippen molar-refractivity contribution in [3.8, 4) is 0 Å². The van der Waals surface area contributed by atoms with Crippen molar-refractivity contribution >= 4 is 45.5 Å². The standard InChI is InChI=1S/C17H14N4O3S/c1-9(25-17-21-12-4-2-3-5-14(12)24-17)15(22)18-10-6-7-11-13(8-10)20-16(23)19-11/h2-9H,1H3,(H,18,22)(H2,19,20,23). The third kappa shape index (κ3) is 3.16. The molecule has 0 bridgehead atoms. The Bertz CT molecular complexity index is 1090. The monoisotopic (exact) mass is 354 g/mol. The number of benzene rings is 2. The molecule has 4 rings (SSSR count). The predicted octanol–water partition coefficient (Wildman–Crippen LogP) is 3.12. The molecule has 0 saturated carbocycles. The van der Waals surface area contributed by atoms with E-state index >= 15 is 0 Å². The first-order valence-corrected chi connectivity index (χ1v) is 8.51. The number of carbonyl (C=O) groups excluding carboxylic acids is 1. The van der Waals surface area contributed by atoms with Gasteiger partial charge in [0.05, 0.1) is 16.3 Å². The summed E-state index contributed by atoms with van der Waals surface area (Å²) in [4.78, 5) is 33.4. The van der Waals surface area contributed by atoms with Gasteiger partial charge in [0.1, 0.15) is 5.52 Å². The second kappa shape index (κ2) is 6.14. The van der Waals surface area contributed by atoms with Crippen molar-refractivity contribution < 1.29 is 9.21 Å². The average Bonchev–Trinajstić information content (AvgIpc) is 3.15. The second-order valence-electron chi connectivity index (χ2n) is 5.54. The predicted molar refractivity (Wildman–Crippen MR) is 96.9 cm³/mol. The molecular formula is C17H14N4O3S. The van der Waals surface area contributed by atoms with Gasteiger partial charge in [-0.1, -0.05) is 23.9 Å². The molecule has 3 N–H and O–H groups in total. The Kier molecular flexibility index (Phi) is 3.81. The van der Waals surface area contributed by atoms with Crippen molar-refractivity contribution in [1.29, 1.82) is 0 Å². The zero-order valence-corrected chi connectivity index (χ0v) is 14.0. The molecule has 1 atom stereocenters. The first-order valence-electron chi connectivity index (χ1n) is 7.63.